The number of hydrogen-bond donors (Lipinski definition) is 1. The van der Waals surface area contributed by atoms with Crippen LogP contribution in [-0.4, -0.2) is 18.6 Å². The van der Waals surface area contributed by atoms with Crippen LogP contribution in [-0.2, 0) is 11.2 Å². The van der Waals surface area contributed by atoms with Gasteiger partial charge in [0.05, 0.1) is 0 Å². The number of amides is 1. The van der Waals surface area contributed by atoms with Gasteiger partial charge in [0.25, 0.3) is 5.91 Å². The highest BCUT2D eigenvalue weighted by Crippen LogP contribution is 2.23. The van der Waals surface area contributed by atoms with Gasteiger partial charge in [-0.15, -0.1) is 0 Å². The zero-order valence-electron chi connectivity index (χ0n) is 16.2. The van der Waals surface area contributed by atoms with Crippen LogP contribution in [0.5, 0.6) is 5.75 Å². The molecule has 0 radical (unpaired) electrons. The average Bonchev–Trinajstić information content (AvgIpc) is 2.62. The number of rotatable bonds is 5. The first-order valence-corrected chi connectivity index (χ1v) is 11.2. The first-order valence-electron chi connectivity index (χ1n) is 10.4. The van der Waals surface area contributed by atoms with Crippen LogP contribution in [0.15, 0.2) is 22.7 Å². The highest BCUT2D eigenvalue weighted by molar-refractivity contribution is 9.10. The monoisotopic (exact) mass is 423 g/mol. The quantitative estimate of drug-likeness (QED) is 0.613. The smallest absolute Gasteiger partial charge is 0.258 e. The van der Waals surface area contributed by atoms with Crippen LogP contribution in [0.4, 0.5) is 0 Å². The molecule has 0 atom stereocenters. The standard InChI is InChI=1S/C22H34BrNO2/c1-2-18-16-19(23)14-15-21(18)26-17-22(25)24-20-12-10-8-6-4-3-5-7-9-11-13-20/h14-16,20H,2-13,17H2,1H3,(H,24,25). The summed E-state index contributed by atoms with van der Waals surface area (Å²) < 4.78 is 6.83. The third-order valence-corrected chi connectivity index (χ3v) is 5.73. The van der Waals surface area contributed by atoms with Gasteiger partial charge in [0.2, 0.25) is 0 Å². The first-order chi connectivity index (χ1) is 12.7. The lowest BCUT2D eigenvalue weighted by Crippen LogP contribution is -2.38. The lowest BCUT2D eigenvalue weighted by molar-refractivity contribution is -0.123. The van der Waals surface area contributed by atoms with Crippen LogP contribution < -0.4 is 10.1 Å². The molecule has 4 heteroatoms. The predicted molar refractivity (Wildman–Crippen MR) is 112 cm³/mol. The number of hydrogen-bond acceptors (Lipinski definition) is 2. The molecule has 1 amide bonds. The van der Waals surface area contributed by atoms with Gasteiger partial charge in [0.1, 0.15) is 5.75 Å². The maximum absolute atomic E-state index is 12.4. The summed E-state index contributed by atoms with van der Waals surface area (Å²) in [5, 5.41) is 3.22. The van der Waals surface area contributed by atoms with E-state index in [1.807, 2.05) is 12.1 Å². The third-order valence-electron chi connectivity index (χ3n) is 5.23. The SMILES string of the molecule is CCc1cc(Br)ccc1OCC(=O)NC1CCCCCCCCCCC1. The van der Waals surface area contributed by atoms with E-state index in [2.05, 4.69) is 34.2 Å². The van der Waals surface area contributed by atoms with Gasteiger partial charge in [-0.2, -0.15) is 0 Å². The summed E-state index contributed by atoms with van der Waals surface area (Å²) in [4.78, 5) is 12.4. The zero-order valence-corrected chi connectivity index (χ0v) is 17.8. The highest BCUT2D eigenvalue weighted by atomic mass is 79.9. The third kappa shape index (κ3) is 8.11. The first kappa shape index (κ1) is 21.3. The van der Waals surface area contributed by atoms with Crippen molar-refractivity contribution in [1.82, 2.24) is 5.32 Å². The van der Waals surface area contributed by atoms with Gasteiger partial charge in [0.15, 0.2) is 6.61 Å². The zero-order chi connectivity index (χ0) is 18.6. The van der Waals surface area contributed by atoms with E-state index in [-0.39, 0.29) is 12.5 Å². The van der Waals surface area contributed by atoms with Crippen LogP contribution >= 0.6 is 15.9 Å². The number of carbonyl (C=O) groups excluding carboxylic acids is 1. The Morgan fingerprint density at radius 2 is 1.62 bits per heavy atom. The fourth-order valence-corrected chi connectivity index (χ4v) is 4.09. The van der Waals surface area contributed by atoms with E-state index in [9.17, 15) is 4.79 Å². The number of nitrogens with one attached hydrogen (secondary N) is 1. The van der Waals surface area contributed by atoms with Crippen LogP contribution in [0, 0.1) is 0 Å². The Bertz CT molecular complexity index is 535. The van der Waals surface area contributed by atoms with Crippen LogP contribution in [0.25, 0.3) is 0 Å². The molecular weight excluding hydrogens is 390 g/mol. The number of benzene rings is 1. The molecule has 0 unspecified atom stereocenters. The van der Waals surface area contributed by atoms with E-state index in [0.29, 0.717) is 6.04 Å². The van der Waals surface area contributed by atoms with Crippen molar-refractivity contribution in [3.05, 3.63) is 28.2 Å². The van der Waals surface area contributed by atoms with Gasteiger partial charge in [-0.1, -0.05) is 80.6 Å². The van der Waals surface area contributed by atoms with Crippen molar-refractivity contribution in [2.75, 3.05) is 6.61 Å². The van der Waals surface area contributed by atoms with E-state index in [1.165, 1.54) is 57.8 Å². The van der Waals surface area contributed by atoms with Gasteiger partial charge >= 0.3 is 0 Å². The van der Waals surface area contributed by atoms with Gasteiger partial charge in [-0.25, -0.2) is 0 Å². The number of aryl methyl sites for hydroxylation is 1. The van der Waals surface area contributed by atoms with Gasteiger partial charge < -0.3 is 10.1 Å². The maximum atomic E-state index is 12.4. The summed E-state index contributed by atoms with van der Waals surface area (Å²) in [6.07, 6.45) is 14.9. The molecule has 1 aliphatic carbocycles. The molecule has 0 saturated heterocycles. The Morgan fingerprint density at radius 1 is 1.04 bits per heavy atom. The lowest BCUT2D eigenvalue weighted by Gasteiger charge is -2.20. The van der Waals surface area contributed by atoms with Gasteiger partial charge in [-0.3, -0.25) is 4.79 Å². The molecule has 0 aromatic heterocycles. The molecular formula is C22H34BrNO2. The van der Waals surface area contributed by atoms with Crippen molar-refractivity contribution in [2.24, 2.45) is 0 Å². The minimum absolute atomic E-state index is 0.00654. The molecule has 0 heterocycles. The summed E-state index contributed by atoms with van der Waals surface area (Å²) in [5.74, 6) is 0.816. The van der Waals surface area contributed by atoms with Gasteiger partial charge in [0, 0.05) is 10.5 Å². The molecule has 2 rings (SSSR count). The Kier molecular flexibility index (Phi) is 10.1. The fourth-order valence-electron chi connectivity index (χ4n) is 3.69. The summed E-state index contributed by atoms with van der Waals surface area (Å²) in [5.41, 5.74) is 1.12. The van der Waals surface area contributed by atoms with E-state index in [4.69, 9.17) is 4.74 Å². The largest absolute Gasteiger partial charge is 0.483 e. The molecule has 146 valence electrons. The topological polar surface area (TPSA) is 38.3 Å². The summed E-state index contributed by atoms with van der Waals surface area (Å²) >= 11 is 3.48. The summed E-state index contributed by atoms with van der Waals surface area (Å²) in [6, 6.07) is 6.26. The minimum atomic E-state index is 0.00654. The van der Waals surface area contributed by atoms with Crippen molar-refractivity contribution in [1.29, 1.82) is 0 Å². The molecule has 1 fully saturated rings. The second kappa shape index (κ2) is 12.4. The van der Waals surface area contributed by atoms with Crippen LogP contribution in [0.1, 0.15) is 83.1 Å². The Labute approximate surface area is 167 Å². The summed E-state index contributed by atoms with van der Waals surface area (Å²) in [6.45, 7) is 2.20. The second-order valence-electron chi connectivity index (χ2n) is 7.42. The molecule has 1 aromatic rings. The van der Waals surface area contributed by atoms with Crippen molar-refractivity contribution in [3.63, 3.8) is 0 Å². The van der Waals surface area contributed by atoms with Crippen molar-refractivity contribution >= 4 is 21.8 Å². The van der Waals surface area contributed by atoms with Crippen molar-refractivity contribution in [2.45, 2.75) is 90.0 Å². The van der Waals surface area contributed by atoms with Crippen LogP contribution in [0.3, 0.4) is 0 Å². The predicted octanol–water partition coefficient (Wildman–Crippen LogP) is 6.18. The molecule has 0 aliphatic heterocycles. The molecule has 1 N–H and O–H groups in total. The number of ether oxygens (including phenoxy) is 1. The fraction of sp³-hybridized carbons (Fsp3) is 0.682. The van der Waals surface area contributed by atoms with Gasteiger partial charge in [-0.05, 0) is 43.0 Å². The number of halogens is 1. The molecule has 26 heavy (non-hydrogen) atoms. The maximum Gasteiger partial charge on any atom is 0.258 e. The molecule has 3 nitrogen and oxygen atoms in total. The van der Waals surface area contributed by atoms with Crippen LogP contribution in [0.2, 0.25) is 0 Å². The Hall–Kier alpha value is -1.03. The number of carbonyl (C=O) groups is 1. The van der Waals surface area contributed by atoms with E-state index in [1.54, 1.807) is 0 Å². The average molecular weight is 424 g/mol. The normalized spacial score (nSPS) is 17.8. The van der Waals surface area contributed by atoms with E-state index >= 15 is 0 Å². The lowest BCUT2D eigenvalue weighted by atomic mass is 9.98. The Morgan fingerprint density at radius 3 is 2.19 bits per heavy atom. The van der Waals surface area contributed by atoms with Crippen molar-refractivity contribution < 1.29 is 9.53 Å². The highest BCUT2D eigenvalue weighted by Gasteiger charge is 2.14. The van der Waals surface area contributed by atoms with E-state index < -0.39 is 0 Å². The molecule has 1 aromatic carbocycles. The molecule has 1 aliphatic rings. The van der Waals surface area contributed by atoms with Crippen molar-refractivity contribution in [3.8, 4) is 5.75 Å². The second-order valence-corrected chi connectivity index (χ2v) is 8.33. The summed E-state index contributed by atoms with van der Waals surface area (Å²) in [7, 11) is 0. The molecule has 0 spiro atoms. The van der Waals surface area contributed by atoms with E-state index in [0.717, 1.165) is 35.0 Å². The Balaban J connectivity index is 1.80. The minimum Gasteiger partial charge on any atom is -0.483 e. The molecule has 1 saturated carbocycles. The molecule has 0 bridgehead atoms.